The van der Waals surface area contributed by atoms with Crippen LogP contribution in [0.4, 0.5) is 0 Å². The van der Waals surface area contributed by atoms with E-state index in [1.807, 2.05) is 28.9 Å². The molecule has 6 heteroatoms. The van der Waals surface area contributed by atoms with E-state index in [2.05, 4.69) is 47.9 Å². The van der Waals surface area contributed by atoms with Gasteiger partial charge in [0.2, 0.25) is 5.88 Å². The van der Waals surface area contributed by atoms with Crippen LogP contribution >= 0.6 is 0 Å². The van der Waals surface area contributed by atoms with Crippen molar-refractivity contribution in [2.45, 2.75) is 58.0 Å². The van der Waals surface area contributed by atoms with Crippen LogP contribution in [-0.2, 0) is 5.41 Å². The quantitative estimate of drug-likeness (QED) is 0.727. The molecule has 0 aliphatic heterocycles. The fraction of sp³-hybridized carbons (Fsp3) is 0.474. The summed E-state index contributed by atoms with van der Waals surface area (Å²) in [6.45, 7) is 8.51. The molecule has 6 nitrogen and oxygen atoms in total. The summed E-state index contributed by atoms with van der Waals surface area (Å²) in [6, 6.07) is 3.92. The Labute approximate surface area is 147 Å². The molecule has 0 atom stereocenters. The van der Waals surface area contributed by atoms with E-state index in [9.17, 15) is 0 Å². The summed E-state index contributed by atoms with van der Waals surface area (Å²) < 4.78 is 8.00. The Balaban J connectivity index is 1.65. The first-order chi connectivity index (χ1) is 11.8. The molecular weight excluding hydrogens is 314 g/mol. The first-order valence-corrected chi connectivity index (χ1v) is 8.71. The summed E-state index contributed by atoms with van der Waals surface area (Å²) in [6.07, 6.45) is 8.95. The number of hydrogen-bond donors (Lipinski definition) is 0. The van der Waals surface area contributed by atoms with Gasteiger partial charge in [0, 0.05) is 29.4 Å². The summed E-state index contributed by atoms with van der Waals surface area (Å²) >= 11 is 0. The van der Waals surface area contributed by atoms with E-state index in [-0.39, 0.29) is 11.0 Å². The second-order valence-electron chi connectivity index (χ2n) is 8.06. The highest BCUT2D eigenvalue weighted by Gasteiger charge is 2.34. The van der Waals surface area contributed by atoms with Crippen molar-refractivity contribution in [3.63, 3.8) is 0 Å². The van der Waals surface area contributed by atoms with E-state index in [1.165, 1.54) is 6.42 Å². The van der Waals surface area contributed by atoms with Crippen LogP contribution in [0.15, 0.2) is 30.7 Å². The maximum absolute atomic E-state index is 5.99. The van der Waals surface area contributed by atoms with Crippen molar-refractivity contribution >= 4 is 5.65 Å². The van der Waals surface area contributed by atoms with E-state index in [0.717, 1.165) is 35.6 Å². The Morgan fingerprint density at radius 3 is 2.48 bits per heavy atom. The number of aromatic nitrogens is 5. The van der Waals surface area contributed by atoms with Crippen LogP contribution in [0.5, 0.6) is 5.88 Å². The van der Waals surface area contributed by atoms with Crippen LogP contribution in [0.2, 0.25) is 0 Å². The van der Waals surface area contributed by atoms with Gasteiger partial charge in [0.15, 0.2) is 5.65 Å². The van der Waals surface area contributed by atoms with Gasteiger partial charge in [0.25, 0.3) is 0 Å². The van der Waals surface area contributed by atoms with E-state index in [0.29, 0.717) is 5.88 Å². The molecule has 3 heterocycles. The van der Waals surface area contributed by atoms with Crippen molar-refractivity contribution < 1.29 is 4.74 Å². The Bertz CT molecular complexity index is 904. The van der Waals surface area contributed by atoms with Gasteiger partial charge >= 0.3 is 0 Å². The molecule has 3 aromatic rings. The Morgan fingerprint density at radius 2 is 1.88 bits per heavy atom. The van der Waals surface area contributed by atoms with Crippen LogP contribution in [0, 0.1) is 0 Å². The molecule has 4 rings (SSSR count). The maximum atomic E-state index is 5.99. The molecule has 0 spiro atoms. The Hall–Kier alpha value is -2.50. The normalized spacial score (nSPS) is 16.6. The zero-order valence-electron chi connectivity index (χ0n) is 15.2. The fourth-order valence-corrected chi connectivity index (χ4v) is 3.08. The van der Waals surface area contributed by atoms with Crippen LogP contribution in [0.25, 0.3) is 16.9 Å². The predicted molar refractivity (Wildman–Crippen MR) is 95.6 cm³/mol. The molecule has 0 unspecified atom stereocenters. The number of nitrogens with zero attached hydrogens (tertiary/aromatic N) is 5. The van der Waals surface area contributed by atoms with Crippen molar-refractivity contribution in [3.05, 3.63) is 36.5 Å². The van der Waals surface area contributed by atoms with Gasteiger partial charge in [-0.05, 0) is 32.3 Å². The monoisotopic (exact) mass is 337 g/mol. The largest absolute Gasteiger partial charge is 0.471 e. The van der Waals surface area contributed by atoms with Crippen molar-refractivity contribution in [2.75, 3.05) is 0 Å². The van der Waals surface area contributed by atoms with Gasteiger partial charge in [-0.2, -0.15) is 0 Å². The molecule has 1 aliphatic carbocycles. The minimum absolute atomic E-state index is 0.0459. The van der Waals surface area contributed by atoms with Gasteiger partial charge in [-0.3, -0.25) is 9.38 Å². The van der Waals surface area contributed by atoms with E-state index in [1.54, 1.807) is 6.20 Å². The molecule has 0 bridgehead atoms. The molecule has 3 aromatic heterocycles. The Kier molecular flexibility index (Phi) is 3.52. The van der Waals surface area contributed by atoms with Gasteiger partial charge in [0.1, 0.15) is 11.4 Å². The zero-order chi connectivity index (χ0) is 17.7. The van der Waals surface area contributed by atoms with Crippen molar-refractivity contribution in [1.82, 2.24) is 24.6 Å². The van der Waals surface area contributed by atoms with E-state index in [4.69, 9.17) is 4.74 Å². The summed E-state index contributed by atoms with van der Waals surface area (Å²) in [5.41, 5.74) is 2.40. The summed E-state index contributed by atoms with van der Waals surface area (Å²) in [4.78, 5) is 8.96. The topological polar surface area (TPSA) is 65.2 Å². The first kappa shape index (κ1) is 16.0. The number of rotatable bonds is 3. The van der Waals surface area contributed by atoms with Crippen molar-refractivity contribution in [3.8, 4) is 17.1 Å². The molecule has 130 valence electrons. The maximum Gasteiger partial charge on any atom is 0.213 e. The molecular formula is C19H23N5O. The van der Waals surface area contributed by atoms with Crippen molar-refractivity contribution in [1.29, 1.82) is 0 Å². The molecule has 1 fully saturated rings. The molecule has 0 saturated heterocycles. The number of pyridine rings is 1. The number of ether oxygens (including phenoxy) is 1. The summed E-state index contributed by atoms with van der Waals surface area (Å²) in [5.74, 6) is 1.59. The van der Waals surface area contributed by atoms with Gasteiger partial charge in [-0.25, -0.2) is 4.98 Å². The lowest BCUT2D eigenvalue weighted by molar-refractivity contribution is 0.00725. The first-order valence-electron chi connectivity index (χ1n) is 8.71. The highest BCUT2D eigenvalue weighted by molar-refractivity contribution is 5.59. The lowest BCUT2D eigenvalue weighted by Crippen LogP contribution is -2.39. The molecule has 1 saturated carbocycles. The highest BCUT2D eigenvalue weighted by atomic mass is 16.5. The minimum atomic E-state index is -0.0911. The van der Waals surface area contributed by atoms with Gasteiger partial charge in [-0.15, -0.1) is 10.2 Å². The number of fused-ring (bicyclic) bond motifs is 1. The second-order valence-corrected chi connectivity index (χ2v) is 8.06. The second kappa shape index (κ2) is 5.51. The van der Waals surface area contributed by atoms with E-state index >= 15 is 0 Å². The van der Waals surface area contributed by atoms with Crippen LogP contribution in [0.3, 0.4) is 0 Å². The lowest BCUT2D eigenvalue weighted by Gasteiger charge is -2.37. The van der Waals surface area contributed by atoms with Crippen LogP contribution < -0.4 is 4.74 Å². The SMILES string of the molecule is CC1(Oc2ccc(-c3cn4c(C(C)(C)C)nnc4cn3)cn2)CCC1. The predicted octanol–water partition coefficient (Wildman–Crippen LogP) is 3.81. The average Bonchev–Trinajstić information content (AvgIpc) is 2.97. The lowest BCUT2D eigenvalue weighted by atomic mass is 9.82. The van der Waals surface area contributed by atoms with E-state index < -0.39 is 0 Å². The van der Waals surface area contributed by atoms with Crippen LogP contribution in [-0.4, -0.2) is 30.2 Å². The summed E-state index contributed by atoms with van der Waals surface area (Å²) in [7, 11) is 0. The molecule has 1 aliphatic rings. The molecule has 0 radical (unpaired) electrons. The van der Waals surface area contributed by atoms with Crippen molar-refractivity contribution in [2.24, 2.45) is 0 Å². The molecule has 25 heavy (non-hydrogen) atoms. The highest BCUT2D eigenvalue weighted by Crippen LogP contribution is 2.35. The third kappa shape index (κ3) is 2.97. The van der Waals surface area contributed by atoms with Gasteiger partial charge < -0.3 is 4.74 Å². The molecule has 0 aromatic carbocycles. The molecule has 0 N–H and O–H groups in total. The van der Waals surface area contributed by atoms with Gasteiger partial charge in [-0.1, -0.05) is 20.8 Å². The number of hydrogen-bond acceptors (Lipinski definition) is 5. The zero-order valence-corrected chi connectivity index (χ0v) is 15.2. The smallest absolute Gasteiger partial charge is 0.213 e. The van der Waals surface area contributed by atoms with Gasteiger partial charge in [0.05, 0.1) is 11.9 Å². The third-order valence-corrected chi connectivity index (χ3v) is 4.76. The molecule has 0 amide bonds. The minimum Gasteiger partial charge on any atom is -0.471 e. The standard InChI is InChI=1S/C19H23N5O/c1-18(2,3)17-23-22-15-11-20-14(12-24(15)17)13-6-7-16(21-10-13)25-19(4)8-5-9-19/h6-7,10-12H,5,8-9H2,1-4H3. The fourth-order valence-electron chi connectivity index (χ4n) is 3.08. The average molecular weight is 337 g/mol. The third-order valence-electron chi connectivity index (χ3n) is 4.76. The Morgan fingerprint density at radius 1 is 1.08 bits per heavy atom. The van der Waals surface area contributed by atoms with Crippen LogP contribution in [0.1, 0.15) is 52.8 Å². The summed E-state index contributed by atoms with van der Waals surface area (Å²) in [5, 5.41) is 8.51.